The summed E-state index contributed by atoms with van der Waals surface area (Å²) in [6.45, 7) is 9.30. The Kier molecular flexibility index (Phi) is 3.67. The van der Waals surface area contributed by atoms with Crippen molar-refractivity contribution in [2.75, 3.05) is 36.8 Å². The van der Waals surface area contributed by atoms with E-state index >= 15 is 0 Å². The number of fused-ring (bicyclic) bond motifs is 1. The monoisotopic (exact) mass is 303 g/mol. The molecule has 0 bridgehead atoms. The fourth-order valence-corrected chi connectivity index (χ4v) is 3.36. The van der Waals surface area contributed by atoms with E-state index < -0.39 is 5.60 Å². The van der Waals surface area contributed by atoms with Crippen molar-refractivity contribution in [1.82, 2.24) is 4.90 Å². The van der Waals surface area contributed by atoms with Gasteiger partial charge in [0.15, 0.2) is 0 Å². The van der Waals surface area contributed by atoms with E-state index in [0.29, 0.717) is 11.8 Å². The summed E-state index contributed by atoms with van der Waals surface area (Å²) < 4.78 is 5.47. The fraction of sp³-hybridized carbons (Fsp3) is 0.588. The molecule has 1 aromatic carbocycles. The van der Waals surface area contributed by atoms with E-state index in [1.165, 1.54) is 5.69 Å². The standard InChI is InChI=1S/C17H25N3O2/c1-17(2,3)22-16(21)20-10-12-8-19(9-13(12)11-20)15-6-4-14(18)5-7-15/h4-7,12-13H,8-11,18H2,1-3H3/t12-,13+. The van der Waals surface area contributed by atoms with E-state index in [9.17, 15) is 4.79 Å². The molecule has 2 atom stereocenters. The van der Waals surface area contributed by atoms with Gasteiger partial charge in [-0.05, 0) is 45.0 Å². The molecule has 1 amide bonds. The predicted molar refractivity (Wildman–Crippen MR) is 87.9 cm³/mol. The van der Waals surface area contributed by atoms with Gasteiger partial charge in [0.25, 0.3) is 0 Å². The van der Waals surface area contributed by atoms with Crippen molar-refractivity contribution in [1.29, 1.82) is 0 Å². The SMILES string of the molecule is CC(C)(C)OC(=O)N1C[C@@H]2CN(c3ccc(N)cc3)C[C@@H]2C1. The van der Waals surface area contributed by atoms with Crippen molar-refractivity contribution in [3.05, 3.63) is 24.3 Å². The highest BCUT2D eigenvalue weighted by Gasteiger charge is 2.42. The van der Waals surface area contributed by atoms with Gasteiger partial charge in [-0.3, -0.25) is 0 Å². The van der Waals surface area contributed by atoms with Crippen molar-refractivity contribution in [3.8, 4) is 0 Å². The highest BCUT2D eigenvalue weighted by Crippen LogP contribution is 2.34. The maximum absolute atomic E-state index is 12.2. The lowest BCUT2D eigenvalue weighted by Gasteiger charge is -2.26. The van der Waals surface area contributed by atoms with Crippen LogP contribution in [0.4, 0.5) is 16.2 Å². The Hall–Kier alpha value is -1.91. The van der Waals surface area contributed by atoms with Crippen LogP contribution in [0, 0.1) is 11.8 Å². The average molecular weight is 303 g/mol. The van der Waals surface area contributed by atoms with Crippen molar-refractivity contribution >= 4 is 17.5 Å². The zero-order valence-corrected chi connectivity index (χ0v) is 13.6. The van der Waals surface area contributed by atoms with Crippen LogP contribution in [0.5, 0.6) is 0 Å². The number of nitrogen functional groups attached to an aromatic ring is 1. The van der Waals surface area contributed by atoms with E-state index in [1.54, 1.807) is 0 Å². The number of benzene rings is 1. The number of amides is 1. The highest BCUT2D eigenvalue weighted by molar-refractivity contribution is 5.68. The molecule has 5 heteroatoms. The fourth-order valence-electron chi connectivity index (χ4n) is 3.36. The Morgan fingerprint density at radius 1 is 1.09 bits per heavy atom. The van der Waals surface area contributed by atoms with Crippen LogP contribution in [-0.2, 0) is 4.74 Å². The van der Waals surface area contributed by atoms with Crippen LogP contribution in [0.1, 0.15) is 20.8 Å². The van der Waals surface area contributed by atoms with Crippen LogP contribution in [0.25, 0.3) is 0 Å². The first-order valence-corrected chi connectivity index (χ1v) is 7.90. The largest absolute Gasteiger partial charge is 0.444 e. The van der Waals surface area contributed by atoms with Crippen LogP contribution in [0.3, 0.4) is 0 Å². The Balaban J connectivity index is 1.58. The highest BCUT2D eigenvalue weighted by atomic mass is 16.6. The molecule has 0 radical (unpaired) electrons. The number of ether oxygens (including phenoxy) is 1. The molecular formula is C17H25N3O2. The number of rotatable bonds is 1. The molecule has 2 aliphatic rings. The summed E-state index contributed by atoms with van der Waals surface area (Å²) in [5.41, 5.74) is 7.32. The number of carbonyl (C=O) groups excluding carboxylic acids is 1. The molecule has 1 aromatic rings. The second-order valence-corrected chi connectivity index (χ2v) is 7.40. The maximum atomic E-state index is 12.2. The molecule has 5 nitrogen and oxygen atoms in total. The first kappa shape index (κ1) is 15.0. The average Bonchev–Trinajstić information content (AvgIpc) is 2.95. The predicted octanol–water partition coefficient (Wildman–Crippen LogP) is 2.57. The molecule has 0 unspecified atom stereocenters. The van der Waals surface area contributed by atoms with Gasteiger partial charge in [0.1, 0.15) is 5.60 Å². The Morgan fingerprint density at radius 3 is 2.14 bits per heavy atom. The van der Waals surface area contributed by atoms with Gasteiger partial charge < -0.3 is 20.3 Å². The molecule has 2 aliphatic heterocycles. The molecule has 2 N–H and O–H groups in total. The molecule has 3 rings (SSSR count). The minimum absolute atomic E-state index is 0.180. The van der Waals surface area contributed by atoms with Gasteiger partial charge in [0.2, 0.25) is 0 Å². The number of likely N-dealkylation sites (tertiary alicyclic amines) is 1. The molecular weight excluding hydrogens is 278 g/mol. The second kappa shape index (κ2) is 5.38. The smallest absolute Gasteiger partial charge is 0.410 e. The van der Waals surface area contributed by atoms with Crippen LogP contribution >= 0.6 is 0 Å². The quantitative estimate of drug-likeness (QED) is 0.810. The number of nitrogens with two attached hydrogens (primary N) is 1. The summed E-state index contributed by atoms with van der Waals surface area (Å²) >= 11 is 0. The molecule has 22 heavy (non-hydrogen) atoms. The molecule has 2 heterocycles. The van der Waals surface area contributed by atoms with Crippen molar-refractivity contribution in [2.24, 2.45) is 11.8 Å². The summed E-state index contributed by atoms with van der Waals surface area (Å²) in [7, 11) is 0. The van der Waals surface area contributed by atoms with Crippen LogP contribution in [-0.4, -0.2) is 42.8 Å². The van der Waals surface area contributed by atoms with Gasteiger partial charge in [0.05, 0.1) is 0 Å². The molecule has 120 valence electrons. The molecule has 2 fully saturated rings. The van der Waals surface area contributed by atoms with E-state index in [4.69, 9.17) is 10.5 Å². The first-order valence-electron chi connectivity index (χ1n) is 7.90. The van der Waals surface area contributed by atoms with E-state index in [0.717, 1.165) is 31.9 Å². The normalized spacial score (nSPS) is 24.5. The third-order valence-corrected chi connectivity index (χ3v) is 4.40. The van der Waals surface area contributed by atoms with E-state index in [1.807, 2.05) is 37.8 Å². The first-order chi connectivity index (χ1) is 10.3. The van der Waals surface area contributed by atoms with E-state index in [2.05, 4.69) is 17.0 Å². The van der Waals surface area contributed by atoms with Crippen LogP contribution in [0.2, 0.25) is 0 Å². The lowest BCUT2D eigenvalue weighted by Crippen LogP contribution is -2.37. The van der Waals surface area contributed by atoms with E-state index in [-0.39, 0.29) is 6.09 Å². The van der Waals surface area contributed by atoms with Crippen LogP contribution in [0.15, 0.2) is 24.3 Å². The lowest BCUT2D eigenvalue weighted by atomic mass is 10.0. The maximum Gasteiger partial charge on any atom is 0.410 e. The molecule has 0 aliphatic carbocycles. The third-order valence-electron chi connectivity index (χ3n) is 4.40. The summed E-state index contributed by atoms with van der Waals surface area (Å²) in [5, 5.41) is 0. The number of anilines is 2. The minimum Gasteiger partial charge on any atom is -0.444 e. The van der Waals surface area contributed by atoms with Gasteiger partial charge in [-0.2, -0.15) is 0 Å². The second-order valence-electron chi connectivity index (χ2n) is 7.40. The van der Waals surface area contributed by atoms with Gasteiger partial charge in [-0.1, -0.05) is 0 Å². The summed E-state index contributed by atoms with van der Waals surface area (Å²) in [4.78, 5) is 16.4. The molecule has 0 saturated carbocycles. The zero-order valence-electron chi connectivity index (χ0n) is 13.6. The summed E-state index contributed by atoms with van der Waals surface area (Å²) in [6, 6.07) is 8.02. The molecule has 0 spiro atoms. The van der Waals surface area contributed by atoms with Gasteiger partial charge in [-0.25, -0.2) is 4.79 Å². The summed E-state index contributed by atoms with van der Waals surface area (Å²) in [5.74, 6) is 1.06. The molecule has 2 saturated heterocycles. The minimum atomic E-state index is -0.426. The number of nitrogens with zero attached hydrogens (tertiary/aromatic N) is 2. The van der Waals surface area contributed by atoms with Gasteiger partial charge in [0, 0.05) is 49.4 Å². The van der Waals surface area contributed by atoms with Crippen molar-refractivity contribution in [3.63, 3.8) is 0 Å². The van der Waals surface area contributed by atoms with Crippen molar-refractivity contribution < 1.29 is 9.53 Å². The van der Waals surface area contributed by atoms with Crippen molar-refractivity contribution in [2.45, 2.75) is 26.4 Å². The Bertz CT molecular complexity index is 536. The Labute approximate surface area is 132 Å². The third kappa shape index (κ3) is 3.13. The number of carbonyl (C=O) groups is 1. The number of hydrogen-bond acceptors (Lipinski definition) is 4. The summed E-state index contributed by atoms with van der Waals surface area (Å²) in [6.07, 6.45) is -0.180. The Morgan fingerprint density at radius 2 is 1.64 bits per heavy atom. The molecule has 0 aromatic heterocycles. The van der Waals surface area contributed by atoms with Gasteiger partial charge in [-0.15, -0.1) is 0 Å². The van der Waals surface area contributed by atoms with Crippen LogP contribution < -0.4 is 10.6 Å². The lowest BCUT2D eigenvalue weighted by molar-refractivity contribution is 0.0282. The topological polar surface area (TPSA) is 58.8 Å². The number of hydrogen-bond donors (Lipinski definition) is 1. The van der Waals surface area contributed by atoms with Gasteiger partial charge >= 0.3 is 6.09 Å². The zero-order chi connectivity index (χ0) is 15.9.